The molecule has 0 fully saturated rings. The van der Waals surface area contributed by atoms with E-state index in [0.717, 1.165) is 6.42 Å². The minimum atomic E-state index is -0.494. The number of fused-ring (bicyclic) bond motifs is 1. The van der Waals surface area contributed by atoms with Gasteiger partial charge in [0.05, 0.1) is 16.7 Å². The van der Waals surface area contributed by atoms with Gasteiger partial charge in [-0.1, -0.05) is 51.6 Å². The third-order valence-electron chi connectivity index (χ3n) is 4.75. The van der Waals surface area contributed by atoms with Gasteiger partial charge in [0.1, 0.15) is 0 Å². The van der Waals surface area contributed by atoms with Gasteiger partial charge in [-0.3, -0.25) is 19.0 Å². The molecule has 0 aliphatic heterocycles. The lowest BCUT2D eigenvalue weighted by Gasteiger charge is -2.17. The highest BCUT2D eigenvalue weighted by molar-refractivity contribution is 7.99. The molecule has 0 spiro atoms. The van der Waals surface area contributed by atoms with Crippen molar-refractivity contribution in [2.75, 3.05) is 11.1 Å². The number of hydrogen-bond acceptors (Lipinski definition) is 5. The highest BCUT2D eigenvalue weighted by atomic mass is 32.2. The zero-order valence-corrected chi connectivity index (χ0v) is 19.1. The van der Waals surface area contributed by atoms with Crippen LogP contribution in [0.4, 0.5) is 5.69 Å². The molecule has 162 valence electrons. The number of nitrogens with one attached hydrogen (secondary N) is 1. The van der Waals surface area contributed by atoms with Crippen LogP contribution in [0.25, 0.3) is 10.9 Å². The van der Waals surface area contributed by atoms with Gasteiger partial charge in [-0.2, -0.15) is 0 Å². The molecule has 1 amide bonds. The molecule has 3 rings (SSSR count). The maximum absolute atomic E-state index is 12.8. The number of carbonyl (C=O) groups is 2. The first-order chi connectivity index (χ1) is 14.7. The van der Waals surface area contributed by atoms with E-state index in [2.05, 4.69) is 10.3 Å². The van der Waals surface area contributed by atoms with Crippen molar-refractivity contribution in [2.24, 2.45) is 5.41 Å². The molecule has 1 N–H and O–H groups in total. The lowest BCUT2D eigenvalue weighted by molar-refractivity contribution is -0.123. The molecule has 0 radical (unpaired) electrons. The minimum Gasteiger partial charge on any atom is -0.326 e. The topological polar surface area (TPSA) is 81.1 Å². The average molecular weight is 438 g/mol. The second kappa shape index (κ2) is 9.47. The number of thioether (sulfide) groups is 1. The standard InChI is InChI=1S/C24H27N3O3S/c1-5-14-27-21(29)18-8-6-7-9-19(18)26-23(27)31-15-20(28)16-10-12-17(13-11-16)25-22(30)24(2,3)4/h6-13H,5,14-15H2,1-4H3,(H,25,30). The molecular weight excluding hydrogens is 410 g/mol. The summed E-state index contributed by atoms with van der Waals surface area (Å²) in [5.74, 6) is 0.0184. The fourth-order valence-corrected chi connectivity index (χ4v) is 3.87. The molecule has 0 saturated carbocycles. The summed E-state index contributed by atoms with van der Waals surface area (Å²) in [6, 6.07) is 14.1. The van der Waals surface area contributed by atoms with Crippen LogP contribution in [0.3, 0.4) is 0 Å². The maximum atomic E-state index is 12.8. The molecule has 0 bridgehead atoms. The van der Waals surface area contributed by atoms with E-state index in [1.54, 1.807) is 34.9 Å². The van der Waals surface area contributed by atoms with Gasteiger partial charge in [0, 0.05) is 23.2 Å². The number of ketones is 1. The van der Waals surface area contributed by atoms with Gasteiger partial charge in [-0.15, -0.1) is 0 Å². The maximum Gasteiger partial charge on any atom is 0.262 e. The van der Waals surface area contributed by atoms with Gasteiger partial charge in [0.2, 0.25) is 5.91 Å². The quantitative estimate of drug-likeness (QED) is 0.327. The summed E-state index contributed by atoms with van der Waals surface area (Å²) in [5, 5.41) is 3.98. The summed E-state index contributed by atoms with van der Waals surface area (Å²) < 4.78 is 1.64. The molecule has 1 aromatic heterocycles. The Bertz CT molecular complexity index is 1160. The predicted octanol–water partition coefficient (Wildman–Crippen LogP) is 4.77. The molecule has 0 atom stereocenters. The molecule has 31 heavy (non-hydrogen) atoms. The van der Waals surface area contributed by atoms with Crippen LogP contribution in [0.5, 0.6) is 0 Å². The van der Waals surface area contributed by atoms with Crippen LogP contribution >= 0.6 is 11.8 Å². The Hall–Kier alpha value is -2.93. The largest absolute Gasteiger partial charge is 0.326 e. The molecule has 0 aliphatic carbocycles. The number of para-hydroxylation sites is 1. The smallest absolute Gasteiger partial charge is 0.262 e. The van der Waals surface area contributed by atoms with E-state index < -0.39 is 5.41 Å². The van der Waals surface area contributed by atoms with E-state index in [4.69, 9.17) is 0 Å². The predicted molar refractivity (Wildman–Crippen MR) is 126 cm³/mol. The Labute approximate surface area is 186 Å². The van der Waals surface area contributed by atoms with Crippen molar-refractivity contribution in [3.8, 4) is 0 Å². The van der Waals surface area contributed by atoms with Gasteiger partial charge >= 0.3 is 0 Å². The number of Topliss-reactive ketones (excluding diaryl/α,β-unsaturated/α-hetero) is 1. The molecule has 3 aromatic rings. The highest BCUT2D eigenvalue weighted by Gasteiger charge is 2.21. The fraction of sp³-hybridized carbons (Fsp3) is 0.333. The number of amides is 1. The van der Waals surface area contributed by atoms with Crippen molar-refractivity contribution in [1.29, 1.82) is 0 Å². The van der Waals surface area contributed by atoms with Gasteiger partial charge < -0.3 is 5.32 Å². The lowest BCUT2D eigenvalue weighted by atomic mass is 9.95. The summed E-state index contributed by atoms with van der Waals surface area (Å²) in [6.45, 7) is 8.08. The first kappa shape index (κ1) is 22.7. The van der Waals surface area contributed by atoms with Crippen LogP contribution in [-0.4, -0.2) is 27.0 Å². The first-order valence-electron chi connectivity index (χ1n) is 10.3. The average Bonchev–Trinajstić information content (AvgIpc) is 2.74. The van der Waals surface area contributed by atoms with Crippen molar-refractivity contribution >= 4 is 40.0 Å². The van der Waals surface area contributed by atoms with Gasteiger partial charge in [-0.25, -0.2) is 4.98 Å². The number of nitrogens with zero attached hydrogens (tertiary/aromatic N) is 2. The van der Waals surface area contributed by atoms with Crippen molar-refractivity contribution in [1.82, 2.24) is 9.55 Å². The van der Waals surface area contributed by atoms with Crippen molar-refractivity contribution in [3.63, 3.8) is 0 Å². The number of hydrogen-bond donors (Lipinski definition) is 1. The Morgan fingerprint density at radius 3 is 2.39 bits per heavy atom. The SMILES string of the molecule is CCCn1c(SCC(=O)c2ccc(NC(=O)C(C)(C)C)cc2)nc2ccccc2c1=O. The van der Waals surface area contributed by atoms with E-state index in [1.165, 1.54) is 11.8 Å². The Morgan fingerprint density at radius 1 is 1.06 bits per heavy atom. The normalized spacial score (nSPS) is 11.5. The van der Waals surface area contributed by atoms with Gasteiger partial charge in [-0.05, 0) is 42.8 Å². The summed E-state index contributed by atoms with van der Waals surface area (Å²) in [4.78, 5) is 42.3. The van der Waals surface area contributed by atoms with E-state index in [1.807, 2.05) is 45.9 Å². The number of aromatic nitrogens is 2. The number of rotatable bonds is 7. The minimum absolute atomic E-state index is 0.0656. The third kappa shape index (κ3) is 5.41. The lowest BCUT2D eigenvalue weighted by Crippen LogP contribution is -2.27. The number of anilines is 1. The summed E-state index contributed by atoms with van der Waals surface area (Å²) >= 11 is 1.27. The Balaban J connectivity index is 1.75. The molecule has 1 heterocycles. The van der Waals surface area contributed by atoms with Crippen molar-refractivity contribution in [3.05, 3.63) is 64.4 Å². The highest BCUT2D eigenvalue weighted by Crippen LogP contribution is 2.21. The van der Waals surface area contributed by atoms with Gasteiger partial charge in [0.15, 0.2) is 10.9 Å². The number of benzene rings is 2. The van der Waals surface area contributed by atoms with Crippen LogP contribution in [0.1, 0.15) is 44.5 Å². The van der Waals surface area contributed by atoms with Crippen LogP contribution in [0, 0.1) is 5.41 Å². The van der Waals surface area contributed by atoms with E-state index in [0.29, 0.717) is 33.9 Å². The second-order valence-corrected chi connectivity index (χ2v) is 9.30. The Morgan fingerprint density at radius 2 is 1.74 bits per heavy atom. The second-order valence-electron chi connectivity index (χ2n) is 8.36. The van der Waals surface area contributed by atoms with Crippen LogP contribution < -0.4 is 10.9 Å². The molecule has 6 nitrogen and oxygen atoms in total. The molecular formula is C24H27N3O3S. The zero-order chi connectivity index (χ0) is 22.6. The molecule has 2 aromatic carbocycles. The molecule has 0 aliphatic rings. The molecule has 0 unspecified atom stereocenters. The Kier molecular flexibility index (Phi) is 6.95. The zero-order valence-electron chi connectivity index (χ0n) is 18.3. The third-order valence-corrected chi connectivity index (χ3v) is 5.73. The fourth-order valence-electron chi connectivity index (χ4n) is 2.95. The van der Waals surface area contributed by atoms with Crippen LogP contribution in [0.2, 0.25) is 0 Å². The van der Waals surface area contributed by atoms with E-state index in [-0.39, 0.29) is 23.0 Å². The van der Waals surface area contributed by atoms with E-state index in [9.17, 15) is 14.4 Å². The first-order valence-corrected chi connectivity index (χ1v) is 11.3. The van der Waals surface area contributed by atoms with Crippen molar-refractivity contribution < 1.29 is 9.59 Å². The number of carbonyl (C=O) groups excluding carboxylic acids is 2. The molecule has 7 heteroatoms. The summed E-state index contributed by atoms with van der Waals surface area (Å²) in [5.41, 5.74) is 1.25. The van der Waals surface area contributed by atoms with Gasteiger partial charge in [0.25, 0.3) is 5.56 Å². The van der Waals surface area contributed by atoms with E-state index >= 15 is 0 Å². The van der Waals surface area contributed by atoms with Crippen LogP contribution in [0.15, 0.2) is 58.5 Å². The summed E-state index contributed by atoms with van der Waals surface area (Å²) in [6.07, 6.45) is 0.795. The summed E-state index contributed by atoms with van der Waals surface area (Å²) in [7, 11) is 0. The monoisotopic (exact) mass is 437 g/mol. The van der Waals surface area contributed by atoms with Crippen LogP contribution in [-0.2, 0) is 11.3 Å². The molecule has 0 saturated heterocycles. The van der Waals surface area contributed by atoms with Crippen molar-refractivity contribution in [2.45, 2.75) is 45.8 Å².